The van der Waals surface area contributed by atoms with E-state index in [1.807, 2.05) is 13.8 Å². The number of aromatic nitrogens is 1. The fraction of sp³-hybridized carbons (Fsp3) is 0.286. The van der Waals surface area contributed by atoms with E-state index in [4.69, 9.17) is 21.1 Å². The van der Waals surface area contributed by atoms with Crippen LogP contribution in [0.25, 0.3) is 10.9 Å². The predicted molar refractivity (Wildman–Crippen MR) is 73.9 cm³/mol. The van der Waals surface area contributed by atoms with E-state index in [-0.39, 0.29) is 6.10 Å². The molecule has 0 bridgehead atoms. The highest BCUT2D eigenvalue weighted by Crippen LogP contribution is 2.30. The van der Waals surface area contributed by atoms with Crippen LogP contribution in [0.5, 0.6) is 5.75 Å². The molecule has 1 heterocycles. The number of esters is 1. The third-order valence-corrected chi connectivity index (χ3v) is 2.89. The maximum Gasteiger partial charge on any atom is 0.341 e. The zero-order chi connectivity index (χ0) is 14.0. The number of carbonyl (C=O) groups is 1. The van der Waals surface area contributed by atoms with Crippen molar-refractivity contribution in [3.05, 3.63) is 35.0 Å². The summed E-state index contributed by atoms with van der Waals surface area (Å²) in [7, 11) is 1.33. The zero-order valence-electron chi connectivity index (χ0n) is 10.9. The molecule has 0 fully saturated rings. The van der Waals surface area contributed by atoms with Crippen molar-refractivity contribution >= 4 is 28.5 Å². The van der Waals surface area contributed by atoms with E-state index in [0.717, 1.165) is 5.39 Å². The number of halogens is 1. The van der Waals surface area contributed by atoms with Crippen molar-refractivity contribution in [3.63, 3.8) is 0 Å². The van der Waals surface area contributed by atoms with Crippen LogP contribution in [0.15, 0.2) is 24.4 Å². The summed E-state index contributed by atoms with van der Waals surface area (Å²) in [6, 6.07) is 5.04. The smallest absolute Gasteiger partial charge is 0.341 e. The summed E-state index contributed by atoms with van der Waals surface area (Å²) < 4.78 is 10.4. The molecule has 0 spiro atoms. The first-order valence-electron chi connectivity index (χ1n) is 5.86. The number of carbonyl (C=O) groups excluding carboxylic acids is 1. The number of methoxy groups -OCH3 is 1. The summed E-state index contributed by atoms with van der Waals surface area (Å²) in [6.07, 6.45) is 1.53. The minimum Gasteiger partial charge on any atom is -0.490 e. The third kappa shape index (κ3) is 2.79. The molecule has 0 saturated carbocycles. The average Bonchev–Trinajstić information content (AvgIpc) is 2.37. The van der Waals surface area contributed by atoms with E-state index in [1.165, 1.54) is 7.11 Å². The van der Waals surface area contributed by atoms with E-state index >= 15 is 0 Å². The van der Waals surface area contributed by atoms with Gasteiger partial charge in [0.25, 0.3) is 0 Å². The second-order valence-corrected chi connectivity index (χ2v) is 4.72. The molecule has 0 unspecified atom stereocenters. The van der Waals surface area contributed by atoms with Crippen LogP contribution in [-0.4, -0.2) is 24.2 Å². The highest BCUT2D eigenvalue weighted by atomic mass is 35.5. The number of fused-ring (bicyclic) bond motifs is 1. The summed E-state index contributed by atoms with van der Waals surface area (Å²) in [5, 5.41) is 1.31. The topological polar surface area (TPSA) is 48.4 Å². The van der Waals surface area contributed by atoms with Gasteiger partial charge in [0.15, 0.2) is 0 Å². The molecule has 0 aliphatic heterocycles. The molecule has 2 rings (SSSR count). The normalized spacial score (nSPS) is 10.8. The standard InChI is InChI=1S/C14H14ClNO3/c1-8(2)19-13-7-9-11(15)4-5-16-12(9)6-10(13)14(17)18-3/h4-8H,1-3H3. The van der Waals surface area contributed by atoms with Crippen molar-refractivity contribution in [2.24, 2.45) is 0 Å². The Balaban J connectivity index is 2.66. The lowest BCUT2D eigenvalue weighted by Crippen LogP contribution is -2.11. The van der Waals surface area contributed by atoms with Crippen LogP contribution in [0, 0.1) is 0 Å². The number of benzene rings is 1. The lowest BCUT2D eigenvalue weighted by molar-refractivity contribution is 0.0594. The SMILES string of the molecule is COC(=O)c1cc2nccc(Cl)c2cc1OC(C)C. The largest absolute Gasteiger partial charge is 0.490 e. The third-order valence-electron chi connectivity index (χ3n) is 2.56. The van der Waals surface area contributed by atoms with Gasteiger partial charge in [0.2, 0.25) is 0 Å². The molecule has 0 radical (unpaired) electrons. The number of hydrogen-bond donors (Lipinski definition) is 0. The molecule has 5 heteroatoms. The highest BCUT2D eigenvalue weighted by Gasteiger charge is 2.17. The first-order chi connectivity index (χ1) is 9.02. The van der Waals surface area contributed by atoms with Gasteiger partial charge in [0, 0.05) is 11.6 Å². The molecule has 0 aliphatic rings. The molecule has 1 aromatic carbocycles. The van der Waals surface area contributed by atoms with E-state index < -0.39 is 5.97 Å². The second-order valence-electron chi connectivity index (χ2n) is 4.32. The molecule has 2 aromatic rings. The Labute approximate surface area is 116 Å². The zero-order valence-corrected chi connectivity index (χ0v) is 11.7. The maximum absolute atomic E-state index is 11.8. The van der Waals surface area contributed by atoms with Crippen molar-refractivity contribution in [2.45, 2.75) is 20.0 Å². The molecule has 1 aromatic heterocycles. The molecule has 4 nitrogen and oxygen atoms in total. The molecule has 100 valence electrons. The summed E-state index contributed by atoms with van der Waals surface area (Å²) in [5.41, 5.74) is 0.975. The van der Waals surface area contributed by atoms with Gasteiger partial charge >= 0.3 is 5.97 Å². The van der Waals surface area contributed by atoms with E-state index in [0.29, 0.717) is 21.9 Å². The summed E-state index contributed by atoms with van der Waals surface area (Å²) in [6.45, 7) is 3.77. The summed E-state index contributed by atoms with van der Waals surface area (Å²) >= 11 is 6.12. The van der Waals surface area contributed by atoms with Crippen molar-refractivity contribution in [2.75, 3.05) is 7.11 Å². The first-order valence-corrected chi connectivity index (χ1v) is 6.24. The molecular formula is C14H14ClNO3. The minimum absolute atomic E-state index is 0.0590. The number of nitrogens with zero attached hydrogens (tertiary/aromatic N) is 1. The molecule has 0 N–H and O–H groups in total. The average molecular weight is 280 g/mol. The highest BCUT2D eigenvalue weighted by molar-refractivity contribution is 6.35. The molecule has 0 aliphatic carbocycles. The predicted octanol–water partition coefficient (Wildman–Crippen LogP) is 3.46. The van der Waals surface area contributed by atoms with Gasteiger partial charge in [0.05, 0.1) is 23.8 Å². The Morgan fingerprint density at radius 1 is 1.37 bits per heavy atom. The lowest BCUT2D eigenvalue weighted by Gasteiger charge is -2.14. The Bertz CT molecular complexity index is 625. The van der Waals surface area contributed by atoms with Crippen LogP contribution in [0.2, 0.25) is 5.02 Å². The molecule has 19 heavy (non-hydrogen) atoms. The Hall–Kier alpha value is -1.81. The van der Waals surface area contributed by atoms with Crippen molar-refractivity contribution in [1.29, 1.82) is 0 Å². The second kappa shape index (κ2) is 5.45. The van der Waals surface area contributed by atoms with Gasteiger partial charge in [-0.05, 0) is 32.0 Å². The molecule has 0 atom stereocenters. The number of pyridine rings is 1. The van der Waals surface area contributed by atoms with Gasteiger partial charge < -0.3 is 9.47 Å². The molecular weight excluding hydrogens is 266 g/mol. The van der Waals surface area contributed by atoms with Crippen LogP contribution in [0.1, 0.15) is 24.2 Å². The Kier molecular flexibility index (Phi) is 3.90. The van der Waals surface area contributed by atoms with Crippen molar-refractivity contribution < 1.29 is 14.3 Å². The van der Waals surface area contributed by atoms with Crippen molar-refractivity contribution in [3.8, 4) is 5.75 Å². The van der Waals surface area contributed by atoms with Gasteiger partial charge in [-0.3, -0.25) is 4.98 Å². The maximum atomic E-state index is 11.8. The number of rotatable bonds is 3. The van der Waals surface area contributed by atoms with Crippen LogP contribution in [0.3, 0.4) is 0 Å². The van der Waals surface area contributed by atoms with E-state index in [1.54, 1.807) is 24.4 Å². The number of ether oxygens (including phenoxy) is 2. The first kappa shape index (κ1) is 13.6. The number of hydrogen-bond acceptors (Lipinski definition) is 4. The van der Waals surface area contributed by atoms with Crippen LogP contribution in [0.4, 0.5) is 0 Å². The Morgan fingerprint density at radius 3 is 2.74 bits per heavy atom. The van der Waals surface area contributed by atoms with E-state index in [2.05, 4.69) is 4.98 Å². The van der Waals surface area contributed by atoms with E-state index in [9.17, 15) is 4.79 Å². The van der Waals surface area contributed by atoms with Gasteiger partial charge in [-0.1, -0.05) is 11.6 Å². The van der Waals surface area contributed by atoms with Gasteiger partial charge in [-0.15, -0.1) is 0 Å². The minimum atomic E-state index is -0.459. The van der Waals surface area contributed by atoms with Crippen LogP contribution < -0.4 is 4.74 Å². The lowest BCUT2D eigenvalue weighted by atomic mass is 10.1. The van der Waals surface area contributed by atoms with Crippen LogP contribution >= 0.6 is 11.6 Å². The monoisotopic (exact) mass is 279 g/mol. The fourth-order valence-electron chi connectivity index (χ4n) is 1.76. The van der Waals surface area contributed by atoms with Crippen molar-refractivity contribution in [1.82, 2.24) is 4.98 Å². The van der Waals surface area contributed by atoms with Gasteiger partial charge in [-0.2, -0.15) is 0 Å². The molecule has 0 amide bonds. The summed E-state index contributed by atoms with van der Waals surface area (Å²) in [5.74, 6) is -0.0106. The Morgan fingerprint density at radius 2 is 2.11 bits per heavy atom. The molecule has 0 saturated heterocycles. The summed E-state index contributed by atoms with van der Waals surface area (Å²) in [4.78, 5) is 16.0. The van der Waals surface area contributed by atoms with Gasteiger partial charge in [-0.25, -0.2) is 4.79 Å². The van der Waals surface area contributed by atoms with Gasteiger partial charge in [0.1, 0.15) is 11.3 Å². The quantitative estimate of drug-likeness (QED) is 0.807. The fourth-order valence-corrected chi connectivity index (χ4v) is 1.97. The van der Waals surface area contributed by atoms with Crippen LogP contribution in [-0.2, 0) is 4.74 Å².